The molecule has 1 aliphatic heterocycles. The van der Waals surface area contributed by atoms with E-state index in [-0.39, 0.29) is 17.2 Å². The Balaban J connectivity index is 1.60. The van der Waals surface area contributed by atoms with Gasteiger partial charge in [-0.3, -0.25) is 14.5 Å². The van der Waals surface area contributed by atoms with Crippen LogP contribution in [0.2, 0.25) is 0 Å². The molecular formula is C26H35N3O2. The van der Waals surface area contributed by atoms with Crippen LogP contribution < -0.4 is 5.32 Å². The maximum atomic E-state index is 11.9. The highest BCUT2D eigenvalue weighted by atomic mass is 16.2. The summed E-state index contributed by atoms with van der Waals surface area (Å²) in [5.74, 6) is 0.0897. The first kappa shape index (κ1) is 23.0. The largest absolute Gasteiger partial charge is 0.345 e. The molecule has 0 radical (unpaired) electrons. The van der Waals surface area contributed by atoms with E-state index in [0.29, 0.717) is 0 Å². The van der Waals surface area contributed by atoms with Crippen LogP contribution in [0.5, 0.6) is 0 Å². The number of likely N-dealkylation sites (tertiary alicyclic amines) is 1. The minimum atomic E-state index is -0.0499. The Bertz CT molecular complexity index is 856. The number of carbonyl (C=O) groups excluding carboxylic acids is 2. The summed E-state index contributed by atoms with van der Waals surface area (Å²) in [5.41, 5.74) is 3.63. The van der Waals surface area contributed by atoms with E-state index in [0.717, 1.165) is 57.5 Å². The van der Waals surface area contributed by atoms with E-state index in [4.69, 9.17) is 0 Å². The second-order valence-corrected chi connectivity index (χ2v) is 9.01. The van der Waals surface area contributed by atoms with Crippen LogP contribution in [0, 0.1) is 5.41 Å². The number of hydrogen-bond donors (Lipinski definition) is 1. The Morgan fingerprint density at radius 3 is 2.19 bits per heavy atom. The van der Waals surface area contributed by atoms with Gasteiger partial charge in [0.15, 0.2) is 0 Å². The third-order valence-electron chi connectivity index (χ3n) is 6.49. The molecule has 0 atom stereocenters. The van der Waals surface area contributed by atoms with Crippen molar-refractivity contribution in [1.29, 1.82) is 0 Å². The molecule has 1 heterocycles. The van der Waals surface area contributed by atoms with Gasteiger partial charge in [0.2, 0.25) is 11.8 Å². The molecule has 31 heavy (non-hydrogen) atoms. The molecule has 0 unspecified atom stereocenters. The number of amides is 2. The second kappa shape index (κ2) is 10.6. The van der Waals surface area contributed by atoms with Gasteiger partial charge < -0.3 is 10.2 Å². The molecule has 5 nitrogen and oxygen atoms in total. The van der Waals surface area contributed by atoms with Crippen molar-refractivity contribution in [2.45, 2.75) is 46.1 Å². The predicted molar refractivity (Wildman–Crippen MR) is 126 cm³/mol. The van der Waals surface area contributed by atoms with E-state index in [1.165, 1.54) is 18.1 Å². The topological polar surface area (TPSA) is 52.7 Å². The Kier molecular flexibility index (Phi) is 7.85. The van der Waals surface area contributed by atoms with Crippen LogP contribution in [0.25, 0.3) is 0 Å². The van der Waals surface area contributed by atoms with Crippen molar-refractivity contribution in [3.05, 3.63) is 65.7 Å². The molecule has 1 fully saturated rings. The smallest absolute Gasteiger partial charge is 0.221 e. The van der Waals surface area contributed by atoms with Gasteiger partial charge in [-0.2, -0.15) is 0 Å². The lowest BCUT2D eigenvalue weighted by Crippen LogP contribution is -2.46. The standard InChI is InChI=1S/C26H35N3O2/c1-21(30)27-25-11-9-24(10-12-25)19-29-17-15-26(16-18-29,20-28(3)22(2)31)14-13-23-7-5-4-6-8-23/h4-12H,13-20H2,1-3H3,(H,27,30). The quantitative estimate of drug-likeness (QED) is 0.690. The number of rotatable bonds is 8. The van der Waals surface area contributed by atoms with Crippen LogP contribution in [0.3, 0.4) is 0 Å². The fraction of sp³-hybridized carbons (Fsp3) is 0.462. The van der Waals surface area contributed by atoms with Crippen molar-refractivity contribution in [2.75, 3.05) is 32.0 Å². The number of piperidine rings is 1. The molecule has 0 spiro atoms. The molecule has 2 aromatic rings. The molecule has 1 aliphatic rings. The first-order chi connectivity index (χ1) is 14.8. The molecule has 2 aromatic carbocycles. The van der Waals surface area contributed by atoms with Gasteiger partial charge in [-0.25, -0.2) is 0 Å². The number of hydrogen-bond acceptors (Lipinski definition) is 3. The van der Waals surface area contributed by atoms with Crippen LogP contribution in [-0.2, 0) is 22.6 Å². The van der Waals surface area contributed by atoms with Gasteiger partial charge in [-0.1, -0.05) is 42.5 Å². The number of aryl methyl sites for hydroxylation is 1. The van der Waals surface area contributed by atoms with E-state index in [1.807, 2.05) is 24.1 Å². The third-order valence-corrected chi connectivity index (χ3v) is 6.49. The molecule has 5 heteroatoms. The van der Waals surface area contributed by atoms with E-state index in [9.17, 15) is 9.59 Å². The highest BCUT2D eigenvalue weighted by Crippen LogP contribution is 2.37. The van der Waals surface area contributed by atoms with Crippen LogP contribution in [0.15, 0.2) is 54.6 Å². The van der Waals surface area contributed by atoms with E-state index >= 15 is 0 Å². The summed E-state index contributed by atoms with van der Waals surface area (Å²) < 4.78 is 0. The van der Waals surface area contributed by atoms with Crippen LogP contribution in [-0.4, -0.2) is 48.3 Å². The second-order valence-electron chi connectivity index (χ2n) is 9.01. The summed E-state index contributed by atoms with van der Waals surface area (Å²) in [6.45, 7) is 6.99. The van der Waals surface area contributed by atoms with Crippen LogP contribution in [0.4, 0.5) is 5.69 Å². The minimum Gasteiger partial charge on any atom is -0.345 e. The summed E-state index contributed by atoms with van der Waals surface area (Å²) in [4.78, 5) is 27.5. The molecule has 2 amide bonds. The van der Waals surface area contributed by atoms with Gasteiger partial charge in [0.25, 0.3) is 0 Å². The Morgan fingerprint density at radius 2 is 1.61 bits per heavy atom. The third kappa shape index (κ3) is 6.93. The fourth-order valence-corrected chi connectivity index (χ4v) is 4.50. The maximum absolute atomic E-state index is 11.9. The van der Waals surface area contributed by atoms with E-state index in [2.05, 4.69) is 52.7 Å². The summed E-state index contributed by atoms with van der Waals surface area (Å²) in [5, 5.41) is 2.82. The Labute approximate surface area is 186 Å². The normalized spacial score (nSPS) is 16.0. The van der Waals surface area contributed by atoms with Crippen molar-refractivity contribution < 1.29 is 9.59 Å². The molecule has 0 aromatic heterocycles. The first-order valence-corrected chi connectivity index (χ1v) is 11.2. The zero-order valence-corrected chi connectivity index (χ0v) is 19.1. The average Bonchev–Trinajstić information content (AvgIpc) is 2.76. The molecule has 0 saturated carbocycles. The summed E-state index contributed by atoms with van der Waals surface area (Å²) in [6, 6.07) is 18.8. The van der Waals surface area contributed by atoms with Crippen molar-refractivity contribution in [1.82, 2.24) is 9.80 Å². The number of benzene rings is 2. The van der Waals surface area contributed by atoms with Gasteiger partial charge in [0, 0.05) is 39.7 Å². The minimum absolute atomic E-state index is 0.0499. The fourth-order valence-electron chi connectivity index (χ4n) is 4.50. The molecule has 3 rings (SSSR count). The molecule has 0 bridgehead atoms. The Hall–Kier alpha value is -2.66. The zero-order chi connectivity index (χ0) is 22.3. The first-order valence-electron chi connectivity index (χ1n) is 11.2. The lowest BCUT2D eigenvalue weighted by atomic mass is 9.73. The lowest BCUT2D eigenvalue weighted by molar-refractivity contribution is -0.129. The van der Waals surface area contributed by atoms with Gasteiger partial charge in [0.1, 0.15) is 0 Å². The number of carbonyl (C=O) groups is 2. The van der Waals surface area contributed by atoms with E-state index < -0.39 is 0 Å². The number of anilines is 1. The van der Waals surface area contributed by atoms with Gasteiger partial charge in [0.05, 0.1) is 0 Å². The van der Waals surface area contributed by atoms with E-state index in [1.54, 1.807) is 6.92 Å². The summed E-state index contributed by atoms with van der Waals surface area (Å²) >= 11 is 0. The van der Waals surface area contributed by atoms with Crippen molar-refractivity contribution in [3.8, 4) is 0 Å². The zero-order valence-electron chi connectivity index (χ0n) is 19.1. The SMILES string of the molecule is CC(=O)Nc1ccc(CN2CCC(CCc3ccccc3)(CN(C)C(C)=O)CC2)cc1. The molecule has 0 aliphatic carbocycles. The Morgan fingerprint density at radius 1 is 0.968 bits per heavy atom. The maximum Gasteiger partial charge on any atom is 0.221 e. The molecule has 1 saturated heterocycles. The molecule has 1 N–H and O–H groups in total. The lowest BCUT2D eigenvalue weighted by Gasteiger charge is -2.44. The van der Waals surface area contributed by atoms with Crippen molar-refractivity contribution >= 4 is 17.5 Å². The summed E-state index contributed by atoms with van der Waals surface area (Å²) in [7, 11) is 1.93. The average molecular weight is 422 g/mol. The van der Waals surface area contributed by atoms with Crippen molar-refractivity contribution in [2.24, 2.45) is 5.41 Å². The van der Waals surface area contributed by atoms with Gasteiger partial charge in [-0.05, 0) is 67.4 Å². The van der Waals surface area contributed by atoms with Crippen LogP contribution >= 0.6 is 0 Å². The number of nitrogens with zero attached hydrogens (tertiary/aromatic N) is 2. The van der Waals surface area contributed by atoms with Crippen molar-refractivity contribution in [3.63, 3.8) is 0 Å². The van der Waals surface area contributed by atoms with Gasteiger partial charge >= 0.3 is 0 Å². The molecular weight excluding hydrogens is 386 g/mol. The predicted octanol–water partition coefficient (Wildman–Crippen LogP) is 4.34. The van der Waals surface area contributed by atoms with Crippen LogP contribution in [0.1, 0.15) is 44.2 Å². The number of nitrogens with one attached hydrogen (secondary N) is 1. The molecule has 166 valence electrons. The highest BCUT2D eigenvalue weighted by molar-refractivity contribution is 5.88. The monoisotopic (exact) mass is 421 g/mol. The highest BCUT2D eigenvalue weighted by Gasteiger charge is 2.35. The van der Waals surface area contributed by atoms with Gasteiger partial charge in [-0.15, -0.1) is 0 Å². The summed E-state index contributed by atoms with van der Waals surface area (Å²) in [6.07, 6.45) is 4.36.